The Bertz CT molecular complexity index is 587. The van der Waals surface area contributed by atoms with Crippen LogP contribution in [0.1, 0.15) is 38.3 Å². The summed E-state index contributed by atoms with van der Waals surface area (Å²) >= 11 is 0. The van der Waals surface area contributed by atoms with Gasteiger partial charge < -0.3 is 4.90 Å². The van der Waals surface area contributed by atoms with Gasteiger partial charge in [-0.05, 0) is 33.2 Å². The summed E-state index contributed by atoms with van der Waals surface area (Å²) in [7, 11) is 1.91. The number of hydrogen-bond acceptors (Lipinski definition) is 4. The maximum absolute atomic E-state index is 4.66. The van der Waals surface area contributed by atoms with E-state index in [9.17, 15) is 0 Å². The third-order valence-electron chi connectivity index (χ3n) is 4.27. The van der Waals surface area contributed by atoms with E-state index in [1.807, 2.05) is 31.8 Å². The molecule has 112 valence electrons. The highest BCUT2D eigenvalue weighted by molar-refractivity contribution is 5.55. The van der Waals surface area contributed by atoms with E-state index >= 15 is 0 Å². The first-order chi connectivity index (χ1) is 10.1. The third-order valence-corrected chi connectivity index (χ3v) is 4.27. The molecule has 0 N–H and O–H groups in total. The van der Waals surface area contributed by atoms with E-state index in [0.29, 0.717) is 12.0 Å². The Hall–Kier alpha value is -1.75. The Morgan fingerprint density at radius 2 is 2.05 bits per heavy atom. The minimum Gasteiger partial charge on any atom is -0.300 e. The lowest BCUT2D eigenvalue weighted by atomic mass is 9.94. The summed E-state index contributed by atoms with van der Waals surface area (Å²) < 4.78 is 1.78. The maximum Gasteiger partial charge on any atom is 0.0916 e. The molecule has 3 rings (SSSR count). The topological polar surface area (TPSA) is 46.8 Å². The van der Waals surface area contributed by atoms with E-state index < -0.39 is 0 Å². The van der Waals surface area contributed by atoms with E-state index in [4.69, 9.17) is 0 Å². The molecule has 0 aliphatic carbocycles. The van der Waals surface area contributed by atoms with Crippen molar-refractivity contribution in [1.82, 2.24) is 24.6 Å². The predicted molar refractivity (Wildman–Crippen MR) is 82.9 cm³/mol. The van der Waals surface area contributed by atoms with Crippen molar-refractivity contribution in [3.05, 3.63) is 30.5 Å². The number of piperidine rings is 1. The Labute approximate surface area is 126 Å². The molecule has 0 radical (unpaired) electrons. The van der Waals surface area contributed by atoms with Gasteiger partial charge in [0.1, 0.15) is 0 Å². The molecule has 3 heterocycles. The van der Waals surface area contributed by atoms with Crippen LogP contribution in [0, 0.1) is 0 Å². The molecule has 1 saturated heterocycles. The zero-order valence-corrected chi connectivity index (χ0v) is 13.0. The fourth-order valence-electron chi connectivity index (χ4n) is 2.97. The van der Waals surface area contributed by atoms with Gasteiger partial charge in [-0.1, -0.05) is 0 Å². The van der Waals surface area contributed by atoms with Crippen LogP contribution in [0.4, 0.5) is 0 Å². The number of nitrogens with zero attached hydrogens (tertiary/aromatic N) is 5. The van der Waals surface area contributed by atoms with Crippen molar-refractivity contribution in [2.75, 3.05) is 13.1 Å². The van der Waals surface area contributed by atoms with Crippen LogP contribution in [0.3, 0.4) is 0 Å². The summed E-state index contributed by atoms with van der Waals surface area (Å²) in [5, 5.41) is 4.18. The lowest BCUT2D eigenvalue weighted by Crippen LogP contribution is -2.39. The minimum atomic E-state index is 0.511. The standard InChI is InChI=1S/C16H23N5/c1-12(2)21-6-4-5-13(11-21)15-8-18-16(9-17-15)14-7-19-20(3)10-14/h7-10,12-13H,4-6,11H2,1-3H3. The molecule has 21 heavy (non-hydrogen) atoms. The molecule has 1 aliphatic rings. The Kier molecular flexibility index (Phi) is 4.01. The normalized spacial score (nSPS) is 20.1. The van der Waals surface area contributed by atoms with Gasteiger partial charge in [0.25, 0.3) is 0 Å². The van der Waals surface area contributed by atoms with Gasteiger partial charge in [-0.25, -0.2) is 0 Å². The maximum atomic E-state index is 4.66. The summed E-state index contributed by atoms with van der Waals surface area (Å²) in [6.45, 7) is 6.83. The smallest absolute Gasteiger partial charge is 0.0916 e. The zero-order chi connectivity index (χ0) is 14.8. The molecule has 1 unspecified atom stereocenters. The predicted octanol–water partition coefficient (Wildman–Crippen LogP) is 2.46. The molecule has 0 aromatic carbocycles. The van der Waals surface area contributed by atoms with Gasteiger partial charge in [0.2, 0.25) is 0 Å². The van der Waals surface area contributed by atoms with Gasteiger partial charge in [0.05, 0.1) is 23.8 Å². The molecule has 0 bridgehead atoms. The van der Waals surface area contributed by atoms with Crippen molar-refractivity contribution in [2.45, 2.75) is 38.6 Å². The quantitative estimate of drug-likeness (QED) is 0.869. The molecule has 5 heteroatoms. The number of aryl methyl sites for hydroxylation is 1. The summed E-state index contributed by atoms with van der Waals surface area (Å²) in [4.78, 5) is 11.8. The Morgan fingerprint density at radius 3 is 2.67 bits per heavy atom. The van der Waals surface area contributed by atoms with Gasteiger partial charge in [-0.2, -0.15) is 5.10 Å². The first-order valence-electron chi connectivity index (χ1n) is 7.68. The average molecular weight is 285 g/mol. The lowest BCUT2D eigenvalue weighted by Gasteiger charge is -2.35. The fraction of sp³-hybridized carbons (Fsp3) is 0.562. The van der Waals surface area contributed by atoms with Crippen molar-refractivity contribution in [1.29, 1.82) is 0 Å². The van der Waals surface area contributed by atoms with Gasteiger partial charge in [0.15, 0.2) is 0 Å². The van der Waals surface area contributed by atoms with Crippen LogP contribution >= 0.6 is 0 Å². The van der Waals surface area contributed by atoms with Gasteiger partial charge in [-0.3, -0.25) is 14.6 Å². The van der Waals surface area contributed by atoms with Crippen molar-refractivity contribution < 1.29 is 0 Å². The molecule has 0 saturated carbocycles. The Morgan fingerprint density at radius 1 is 1.19 bits per heavy atom. The summed E-state index contributed by atoms with van der Waals surface area (Å²) in [6.07, 6.45) is 10.1. The monoisotopic (exact) mass is 285 g/mol. The lowest BCUT2D eigenvalue weighted by molar-refractivity contribution is 0.166. The van der Waals surface area contributed by atoms with Crippen molar-refractivity contribution in [3.63, 3.8) is 0 Å². The van der Waals surface area contributed by atoms with Crippen LogP contribution < -0.4 is 0 Å². The summed E-state index contributed by atoms with van der Waals surface area (Å²) in [5.41, 5.74) is 3.03. The highest BCUT2D eigenvalue weighted by atomic mass is 15.2. The van der Waals surface area contributed by atoms with Crippen LogP contribution in [0.15, 0.2) is 24.8 Å². The molecule has 1 atom stereocenters. The van der Waals surface area contributed by atoms with E-state index in [2.05, 4.69) is 33.8 Å². The van der Waals surface area contributed by atoms with Gasteiger partial charge in [-0.15, -0.1) is 0 Å². The van der Waals surface area contributed by atoms with E-state index in [1.165, 1.54) is 19.4 Å². The molecule has 0 spiro atoms. The van der Waals surface area contributed by atoms with Gasteiger partial charge in [0, 0.05) is 43.5 Å². The number of hydrogen-bond donors (Lipinski definition) is 0. The van der Waals surface area contributed by atoms with Crippen molar-refractivity contribution >= 4 is 0 Å². The summed E-state index contributed by atoms with van der Waals surface area (Å²) in [6, 6.07) is 0.607. The van der Waals surface area contributed by atoms with Gasteiger partial charge >= 0.3 is 0 Å². The van der Waals surface area contributed by atoms with Crippen LogP contribution in [-0.4, -0.2) is 43.8 Å². The van der Waals surface area contributed by atoms with E-state index in [-0.39, 0.29) is 0 Å². The SMILES string of the molecule is CC(C)N1CCCC(c2cnc(-c3cnn(C)c3)cn2)C1. The fourth-order valence-corrected chi connectivity index (χ4v) is 2.97. The van der Waals surface area contributed by atoms with Crippen LogP contribution in [0.25, 0.3) is 11.3 Å². The van der Waals surface area contributed by atoms with Crippen molar-refractivity contribution in [3.8, 4) is 11.3 Å². The summed E-state index contributed by atoms with van der Waals surface area (Å²) in [5.74, 6) is 0.511. The molecular weight excluding hydrogens is 262 g/mol. The molecule has 1 fully saturated rings. The van der Waals surface area contributed by atoms with Crippen LogP contribution in [0.2, 0.25) is 0 Å². The minimum absolute atomic E-state index is 0.511. The van der Waals surface area contributed by atoms with E-state index in [0.717, 1.165) is 23.5 Å². The molecule has 5 nitrogen and oxygen atoms in total. The third kappa shape index (κ3) is 3.13. The van der Waals surface area contributed by atoms with Crippen LogP contribution in [-0.2, 0) is 7.05 Å². The second kappa shape index (κ2) is 5.93. The second-order valence-electron chi connectivity index (χ2n) is 6.16. The first-order valence-corrected chi connectivity index (χ1v) is 7.68. The zero-order valence-electron chi connectivity index (χ0n) is 13.0. The number of aromatic nitrogens is 4. The Balaban J connectivity index is 1.74. The van der Waals surface area contributed by atoms with Crippen molar-refractivity contribution in [2.24, 2.45) is 7.05 Å². The first kappa shape index (κ1) is 14.2. The van der Waals surface area contributed by atoms with Crippen LogP contribution in [0.5, 0.6) is 0 Å². The molecule has 2 aromatic rings. The molecule has 1 aliphatic heterocycles. The highest BCUT2D eigenvalue weighted by Crippen LogP contribution is 2.27. The average Bonchev–Trinajstić information content (AvgIpc) is 2.94. The second-order valence-corrected chi connectivity index (χ2v) is 6.16. The molecule has 0 amide bonds. The largest absolute Gasteiger partial charge is 0.300 e. The molecule has 2 aromatic heterocycles. The highest BCUT2D eigenvalue weighted by Gasteiger charge is 2.24. The number of rotatable bonds is 3. The molecular formula is C16H23N5. The number of likely N-dealkylation sites (tertiary alicyclic amines) is 1. The van der Waals surface area contributed by atoms with E-state index in [1.54, 1.807) is 4.68 Å².